The zero-order chi connectivity index (χ0) is 18.4. The molecule has 0 aromatic heterocycles. The minimum absolute atomic E-state index is 0.0211. The number of hydrogen-bond acceptors (Lipinski definition) is 3. The van der Waals surface area contributed by atoms with Crippen LogP contribution >= 0.6 is 0 Å². The Hall–Kier alpha value is -2.04. The van der Waals surface area contributed by atoms with Gasteiger partial charge in [0.1, 0.15) is 5.75 Å². The van der Waals surface area contributed by atoms with Crippen molar-refractivity contribution in [3.63, 3.8) is 0 Å². The van der Waals surface area contributed by atoms with Crippen molar-refractivity contribution >= 4 is 11.8 Å². The van der Waals surface area contributed by atoms with Gasteiger partial charge in [0.15, 0.2) is 0 Å². The van der Waals surface area contributed by atoms with Crippen molar-refractivity contribution in [3.05, 3.63) is 30.3 Å². The lowest BCUT2D eigenvalue weighted by atomic mass is 9.97. The summed E-state index contributed by atoms with van der Waals surface area (Å²) in [5.41, 5.74) is -0.240. The Labute approximate surface area is 150 Å². The third kappa shape index (κ3) is 5.76. The number of amides is 2. The second kappa shape index (κ2) is 8.37. The van der Waals surface area contributed by atoms with Gasteiger partial charge in [0.05, 0.1) is 12.5 Å². The number of ether oxygens (including phenoxy) is 1. The van der Waals surface area contributed by atoms with Crippen molar-refractivity contribution in [1.29, 1.82) is 0 Å². The highest BCUT2D eigenvalue weighted by atomic mass is 16.5. The maximum atomic E-state index is 12.7. The third-order valence-corrected chi connectivity index (χ3v) is 4.96. The molecule has 1 saturated carbocycles. The fraction of sp³-hybridized carbons (Fsp3) is 0.600. The molecule has 0 radical (unpaired) electrons. The first-order valence-corrected chi connectivity index (χ1v) is 9.07. The molecule has 0 spiro atoms. The van der Waals surface area contributed by atoms with Crippen LogP contribution in [0.2, 0.25) is 0 Å². The van der Waals surface area contributed by atoms with Crippen LogP contribution in [0.3, 0.4) is 0 Å². The van der Waals surface area contributed by atoms with Crippen molar-refractivity contribution < 1.29 is 14.3 Å². The minimum Gasteiger partial charge on any atom is -0.493 e. The molecule has 0 aliphatic heterocycles. The highest BCUT2D eigenvalue weighted by Crippen LogP contribution is 2.33. The number of carbonyl (C=O) groups excluding carboxylic acids is 2. The van der Waals surface area contributed by atoms with Gasteiger partial charge in [-0.25, -0.2) is 0 Å². The van der Waals surface area contributed by atoms with Gasteiger partial charge in [0.25, 0.3) is 0 Å². The maximum Gasteiger partial charge on any atom is 0.225 e. The molecule has 0 saturated heterocycles. The van der Waals surface area contributed by atoms with Gasteiger partial charge in [-0.2, -0.15) is 0 Å². The molecule has 1 aromatic rings. The second-order valence-corrected chi connectivity index (χ2v) is 7.60. The number of nitrogens with one attached hydrogen (secondary N) is 2. The Bertz CT molecular complexity index is 586. The summed E-state index contributed by atoms with van der Waals surface area (Å²) in [5.74, 6) is 0.797. The van der Waals surface area contributed by atoms with Crippen molar-refractivity contribution in [3.8, 4) is 5.75 Å². The molecule has 25 heavy (non-hydrogen) atoms. The minimum atomic E-state index is -0.240. The lowest BCUT2D eigenvalue weighted by Crippen LogP contribution is -2.49. The summed E-state index contributed by atoms with van der Waals surface area (Å²) in [7, 11) is 0. The van der Waals surface area contributed by atoms with E-state index in [9.17, 15) is 9.59 Å². The zero-order valence-electron chi connectivity index (χ0n) is 15.7. The van der Waals surface area contributed by atoms with E-state index in [0.717, 1.165) is 25.0 Å². The molecule has 1 aromatic carbocycles. The number of carbonyl (C=O) groups is 2. The van der Waals surface area contributed by atoms with Crippen LogP contribution in [0.25, 0.3) is 0 Å². The SMILES string of the molecule is CCC(C)(C)NC(=O)[C@@H]1C[C@@H](COc2ccccc2)C[C@H]1NC(C)=O. The number of rotatable bonds is 7. The van der Waals surface area contributed by atoms with Crippen molar-refractivity contribution in [2.45, 2.75) is 58.5 Å². The molecule has 2 amide bonds. The van der Waals surface area contributed by atoms with Crippen LogP contribution in [0, 0.1) is 11.8 Å². The van der Waals surface area contributed by atoms with E-state index in [1.807, 2.05) is 44.2 Å². The van der Waals surface area contributed by atoms with E-state index in [-0.39, 0.29) is 35.2 Å². The monoisotopic (exact) mass is 346 g/mol. The van der Waals surface area contributed by atoms with Crippen LogP contribution in [0.4, 0.5) is 0 Å². The van der Waals surface area contributed by atoms with Crippen molar-refractivity contribution in [1.82, 2.24) is 10.6 Å². The number of hydrogen-bond donors (Lipinski definition) is 2. The highest BCUT2D eigenvalue weighted by Gasteiger charge is 2.40. The van der Waals surface area contributed by atoms with E-state index in [1.54, 1.807) is 0 Å². The fourth-order valence-corrected chi connectivity index (χ4v) is 3.23. The third-order valence-electron chi connectivity index (χ3n) is 4.96. The Morgan fingerprint density at radius 3 is 2.48 bits per heavy atom. The first kappa shape index (κ1) is 19.3. The maximum absolute atomic E-state index is 12.7. The van der Waals surface area contributed by atoms with E-state index >= 15 is 0 Å². The van der Waals surface area contributed by atoms with Gasteiger partial charge < -0.3 is 15.4 Å². The van der Waals surface area contributed by atoms with Crippen LogP contribution in [-0.4, -0.2) is 30.0 Å². The second-order valence-electron chi connectivity index (χ2n) is 7.60. The molecule has 2 N–H and O–H groups in total. The molecular formula is C20H30N2O3. The van der Waals surface area contributed by atoms with Gasteiger partial charge in [-0.05, 0) is 51.2 Å². The highest BCUT2D eigenvalue weighted by molar-refractivity contribution is 5.82. The van der Waals surface area contributed by atoms with Crippen molar-refractivity contribution in [2.75, 3.05) is 6.61 Å². The number of para-hydroxylation sites is 1. The lowest BCUT2D eigenvalue weighted by molar-refractivity contribution is -0.127. The molecule has 2 rings (SSSR count). The molecule has 0 bridgehead atoms. The van der Waals surface area contributed by atoms with Gasteiger partial charge in [0.2, 0.25) is 11.8 Å². The molecule has 1 fully saturated rings. The van der Waals surface area contributed by atoms with E-state index in [0.29, 0.717) is 6.61 Å². The summed E-state index contributed by atoms with van der Waals surface area (Å²) in [4.78, 5) is 24.2. The summed E-state index contributed by atoms with van der Waals surface area (Å²) in [5, 5.41) is 6.06. The fourth-order valence-electron chi connectivity index (χ4n) is 3.23. The summed E-state index contributed by atoms with van der Waals surface area (Å²) in [6.45, 7) is 8.14. The predicted octanol–water partition coefficient (Wildman–Crippen LogP) is 2.90. The van der Waals surface area contributed by atoms with E-state index < -0.39 is 0 Å². The van der Waals surface area contributed by atoms with Gasteiger partial charge >= 0.3 is 0 Å². The van der Waals surface area contributed by atoms with E-state index in [2.05, 4.69) is 17.6 Å². The standard InChI is InChI=1S/C20H30N2O3/c1-5-20(3,4)22-19(24)17-11-15(12-18(17)21-14(2)23)13-25-16-9-7-6-8-10-16/h6-10,15,17-18H,5,11-13H2,1-4H3,(H,21,23)(H,22,24)/t15-,17-,18-/m1/s1. The Balaban J connectivity index is 1.98. The first-order chi connectivity index (χ1) is 11.8. The van der Waals surface area contributed by atoms with Gasteiger partial charge in [-0.15, -0.1) is 0 Å². The zero-order valence-corrected chi connectivity index (χ0v) is 15.7. The Morgan fingerprint density at radius 2 is 1.88 bits per heavy atom. The molecule has 0 heterocycles. The van der Waals surface area contributed by atoms with Crippen molar-refractivity contribution in [2.24, 2.45) is 11.8 Å². The smallest absolute Gasteiger partial charge is 0.225 e. The van der Waals surface area contributed by atoms with Crippen LogP contribution in [-0.2, 0) is 9.59 Å². The normalized spacial score (nSPS) is 23.1. The van der Waals surface area contributed by atoms with E-state index in [4.69, 9.17) is 4.74 Å². The molecule has 138 valence electrons. The van der Waals surface area contributed by atoms with Gasteiger partial charge in [0, 0.05) is 18.5 Å². The summed E-state index contributed by atoms with van der Waals surface area (Å²) < 4.78 is 5.85. The predicted molar refractivity (Wildman–Crippen MR) is 98.3 cm³/mol. The topological polar surface area (TPSA) is 67.4 Å². The quantitative estimate of drug-likeness (QED) is 0.798. The van der Waals surface area contributed by atoms with Crippen LogP contribution in [0.1, 0.15) is 47.0 Å². The molecule has 5 nitrogen and oxygen atoms in total. The van der Waals surface area contributed by atoms with Gasteiger partial charge in [-0.1, -0.05) is 25.1 Å². The van der Waals surface area contributed by atoms with Crippen LogP contribution < -0.4 is 15.4 Å². The molecular weight excluding hydrogens is 316 g/mol. The summed E-state index contributed by atoms with van der Waals surface area (Å²) in [6, 6.07) is 9.54. The molecule has 1 aliphatic rings. The molecule has 0 unspecified atom stereocenters. The summed E-state index contributed by atoms with van der Waals surface area (Å²) in [6.07, 6.45) is 2.34. The molecule has 3 atom stereocenters. The van der Waals surface area contributed by atoms with Crippen LogP contribution in [0.5, 0.6) is 5.75 Å². The molecule has 1 aliphatic carbocycles. The Kier molecular flexibility index (Phi) is 6.45. The average Bonchev–Trinajstić information content (AvgIpc) is 2.96. The lowest BCUT2D eigenvalue weighted by Gasteiger charge is -2.28. The largest absolute Gasteiger partial charge is 0.493 e. The summed E-state index contributed by atoms with van der Waals surface area (Å²) >= 11 is 0. The Morgan fingerprint density at radius 1 is 1.20 bits per heavy atom. The van der Waals surface area contributed by atoms with Gasteiger partial charge in [-0.3, -0.25) is 9.59 Å². The average molecular weight is 346 g/mol. The number of benzene rings is 1. The van der Waals surface area contributed by atoms with E-state index in [1.165, 1.54) is 6.92 Å². The molecule has 5 heteroatoms. The first-order valence-electron chi connectivity index (χ1n) is 9.07. The van der Waals surface area contributed by atoms with Crippen LogP contribution in [0.15, 0.2) is 30.3 Å².